The van der Waals surface area contributed by atoms with Crippen LogP contribution >= 0.6 is 11.3 Å². The Kier molecular flexibility index (Phi) is 2.33. The molecule has 0 saturated carbocycles. The van der Waals surface area contributed by atoms with E-state index in [1.807, 2.05) is 6.07 Å². The number of fused-ring (bicyclic) bond motifs is 1. The molecule has 1 atom stereocenters. The molecule has 0 bridgehead atoms. The third-order valence-electron chi connectivity index (χ3n) is 2.90. The molecule has 16 heavy (non-hydrogen) atoms. The van der Waals surface area contributed by atoms with E-state index in [-0.39, 0.29) is 6.10 Å². The summed E-state index contributed by atoms with van der Waals surface area (Å²) in [5, 5.41) is 13.6. The second-order valence-electron chi connectivity index (χ2n) is 3.99. The fourth-order valence-electron chi connectivity index (χ4n) is 2.07. The summed E-state index contributed by atoms with van der Waals surface area (Å²) in [5.74, 6) is 1.22. The average molecular weight is 232 g/mol. The smallest absolute Gasteiger partial charge is 0.125 e. The van der Waals surface area contributed by atoms with Crippen LogP contribution in [0.1, 0.15) is 23.7 Å². The van der Waals surface area contributed by atoms with Gasteiger partial charge in [0.15, 0.2) is 0 Å². The van der Waals surface area contributed by atoms with Gasteiger partial charge in [-0.3, -0.25) is 0 Å². The van der Waals surface area contributed by atoms with Crippen LogP contribution < -0.4 is 4.74 Å². The van der Waals surface area contributed by atoms with Crippen LogP contribution in [0.2, 0.25) is 0 Å². The molecule has 0 amide bonds. The van der Waals surface area contributed by atoms with Gasteiger partial charge >= 0.3 is 0 Å². The van der Waals surface area contributed by atoms with Crippen molar-refractivity contribution >= 4 is 11.3 Å². The summed E-state index contributed by atoms with van der Waals surface area (Å²) >= 11 is 1.70. The standard InChI is InChI=1S/C13H12O2S/c14-11-2-4-12-9(7-11)1-3-13(15-12)10-5-6-16-8-10/h2,4-8,13-14H,1,3H2. The maximum absolute atomic E-state index is 9.38. The average Bonchev–Trinajstić information content (AvgIpc) is 2.82. The molecule has 1 N–H and O–H groups in total. The molecule has 0 saturated heterocycles. The fraction of sp³-hybridized carbons (Fsp3) is 0.231. The maximum Gasteiger partial charge on any atom is 0.125 e. The zero-order chi connectivity index (χ0) is 11.0. The van der Waals surface area contributed by atoms with Crippen molar-refractivity contribution in [3.8, 4) is 11.5 Å². The first kappa shape index (κ1) is 9.73. The molecule has 1 aliphatic heterocycles. The largest absolute Gasteiger partial charge is 0.508 e. The number of hydrogen-bond acceptors (Lipinski definition) is 3. The summed E-state index contributed by atoms with van der Waals surface area (Å²) in [6.45, 7) is 0. The Morgan fingerprint density at radius 2 is 2.25 bits per heavy atom. The molecule has 3 rings (SSSR count). The molecular weight excluding hydrogens is 220 g/mol. The van der Waals surface area contributed by atoms with Crippen molar-refractivity contribution in [1.82, 2.24) is 0 Å². The molecule has 82 valence electrons. The third-order valence-corrected chi connectivity index (χ3v) is 3.61. The van der Waals surface area contributed by atoms with Crippen molar-refractivity contribution < 1.29 is 9.84 Å². The molecule has 1 aliphatic rings. The molecule has 2 aromatic rings. The number of aromatic hydroxyl groups is 1. The monoisotopic (exact) mass is 232 g/mol. The lowest BCUT2D eigenvalue weighted by molar-refractivity contribution is 0.177. The van der Waals surface area contributed by atoms with Crippen LogP contribution in [0.5, 0.6) is 11.5 Å². The van der Waals surface area contributed by atoms with Crippen LogP contribution in [0.4, 0.5) is 0 Å². The molecule has 1 aromatic heterocycles. The first-order valence-electron chi connectivity index (χ1n) is 5.33. The van der Waals surface area contributed by atoms with Crippen molar-refractivity contribution in [2.75, 3.05) is 0 Å². The van der Waals surface area contributed by atoms with Crippen molar-refractivity contribution in [3.63, 3.8) is 0 Å². The van der Waals surface area contributed by atoms with E-state index in [1.54, 1.807) is 23.5 Å². The third kappa shape index (κ3) is 1.67. The topological polar surface area (TPSA) is 29.5 Å². The number of benzene rings is 1. The van der Waals surface area contributed by atoms with E-state index in [0.29, 0.717) is 5.75 Å². The highest BCUT2D eigenvalue weighted by atomic mass is 32.1. The van der Waals surface area contributed by atoms with Crippen molar-refractivity contribution in [1.29, 1.82) is 0 Å². The Balaban J connectivity index is 1.89. The molecular formula is C13H12O2S. The van der Waals surface area contributed by atoms with E-state index in [0.717, 1.165) is 24.2 Å². The van der Waals surface area contributed by atoms with E-state index < -0.39 is 0 Å². The molecule has 0 spiro atoms. The van der Waals surface area contributed by atoms with Crippen LogP contribution in [0.3, 0.4) is 0 Å². The van der Waals surface area contributed by atoms with Gasteiger partial charge in [-0.15, -0.1) is 0 Å². The van der Waals surface area contributed by atoms with E-state index in [4.69, 9.17) is 4.74 Å². The van der Waals surface area contributed by atoms with Crippen LogP contribution in [0.15, 0.2) is 35.0 Å². The quantitative estimate of drug-likeness (QED) is 0.815. The number of rotatable bonds is 1. The lowest BCUT2D eigenvalue weighted by Crippen LogP contribution is -2.14. The Bertz CT molecular complexity index is 491. The molecule has 2 heterocycles. The molecule has 0 fully saturated rings. The van der Waals surface area contributed by atoms with E-state index in [2.05, 4.69) is 16.8 Å². The maximum atomic E-state index is 9.38. The molecule has 2 nitrogen and oxygen atoms in total. The van der Waals surface area contributed by atoms with Gasteiger partial charge in [0.2, 0.25) is 0 Å². The van der Waals surface area contributed by atoms with E-state index in [9.17, 15) is 5.11 Å². The van der Waals surface area contributed by atoms with Crippen LogP contribution in [-0.2, 0) is 6.42 Å². The number of hydrogen-bond donors (Lipinski definition) is 1. The van der Waals surface area contributed by atoms with Crippen LogP contribution in [0, 0.1) is 0 Å². The number of ether oxygens (including phenoxy) is 1. The van der Waals surface area contributed by atoms with Gasteiger partial charge in [-0.2, -0.15) is 11.3 Å². The predicted molar refractivity (Wildman–Crippen MR) is 64.1 cm³/mol. The highest BCUT2D eigenvalue weighted by Gasteiger charge is 2.21. The van der Waals surface area contributed by atoms with Crippen molar-refractivity contribution in [2.45, 2.75) is 18.9 Å². The zero-order valence-electron chi connectivity index (χ0n) is 8.72. The Morgan fingerprint density at radius 1 is 1.31 bits per heavy atom. The minimum atomic E-state index is 0.170. The zero-order valence-corrected chi connectivity index (χ0v) is 9.54. The first-order chi connectivity index (χ1) is 7.83. The summed E-state index contributed by atoms with van der Waals surface area (Å²) in [7, 11) is 0. The summed E-state index contributed by atoms with van der Waals surface area (Å²) < 4.78 is 5.93. The highest BCUT2D eigenvalue weighted by molar-refractivity contribution is 7.07. The van der Waals surface area contributed by atoms with Gasteiger partial charge in [0.05, 0.1) is 0 Å². The highest BCUT2D eigenvalue weighted by Crippen LogP contribution is 2.36. The Labute approximate surface area is 98.1 Å². The lowest BCUT2D eigenvalue weighted by atomic mass is 9.99. The minimum absolute atomic E-state index is 0.170. The van der Waals surface area contributed by atoms with Gasteiger partial charge < -0.3 is 9.84 Å². The normalized spacial score (nSPS) is 18.9. The molecule has 3 heteroatoms. The Morgan fingerprint density at radius 3 is 3.06 bits per heavy atom. The minimum Gasteiger partial charge on any atom is -0.508 e. The number of thiophene rings is 1. The van der Waals surface area contributed by atoms with Gasteiger partial charge in [-0.25, -0.2) is 0 Å². The van der Waals surface area contributed by atoms with Gasteiger partial charge in [-0.1, -0.05) is 0 Å². The van der Waals surface area contributed by atoms with E-state index >= 15 is 0 Å². The second-order valence-corrected chi connectivity index (χ2v) is 4.77. The summed E-state index contributed by atoms with van der Waals surface area (Å²) in [6.07, 6.45) is 2.11. The van der Waals surface area contributed by atoms with Gasteiger partial charge in [0.25, 0.3) is 0 Å². The number of aryl methyl sites for hydroxylation is 1. The van der Waals surface area contributed by atoms with Crippen LogP contribution in [0.25, 0.3) is 0 Å². The Hall–Kier alpha value is -1.48. The fourth-order valence-corrected chi connectivity index (χ4v) is 2.77. The SMILES string of the molecule is Oc1ccc2c(c1)CCC(c1ccsc1)O2. The first-order valence-corrected chi connectivity index (χ1v) is 6.28. The molecule has 0 aliphatic carbocycles. The van der Waals surface area contributed by atoms with Crippen LogP contribution in [-0.4, -0.2) is 5.11 Å². The van der Waals surface area contributed by atoms with Crippen molar-refractivity contribution in [3.05, 3.63) is 46.2 Å². The van der Waals surface area contributed by atoms with Gasteiger partial charge in [0.1, 0.15) is 17.6 Å². The van der Waals surface area contributed by atoms with Gasteiger partial charge in [-0.05, 0) is 53.4 Å². The molecule has 0 radical (unpaired) electrons. The second kappa shape index (κ2) is 3.83. The number of phenolic OH excluding ortho intramolecular Hbond substituents is 1. The van der Waals surface area contributed by atoms with E-state index in [1.165, 1.54) is 5.56 Å². The number of phenols is 1. The molecule has 1 aromatic carbocycles. The molecule has 1 unspecified atom stereocenters. The summed E-state index contributed by atoms with van der Waals surface area (Å²) in [6, 6.07) is 7.43. The lowest BCUT2D eigenvalue weighted by Gasteiger charge is -2.25. The predicted octanol–water partition coefficient (Wildman–Crippen LogP) is 3.52. The van der Waals surface area contributed by atoms with Gasteiger partial charge in [0, 0.05) is 5.56 Å². The van der Waals surface area contributed by atoms with Crippen molar-refractivity contribution in [2.24, 2.45) is 0 Å². The summed E-state index contributed by atoms with van der Waals surface area (Å²) in [5.41, 5.74) is 2.36. The summed E-state index contributed by atoms with van der Waals surface area (Å²) in [4.78, 5) is 0.